The maximum Gasteiger partial charge on any atom is 0.158 e. The summed E-state index contributed by atoms with van der Waals surface area (Å²) in [5.74, 6) is 2.13. The number of piperidine rings is 1. The first-order chi connectivity index (χ1) is 16.0. The molecule has 6 rings (SSSR count). The summed E-state index contributed by atoms with van der Waals surface area (Å²) < 4.78 is 1.94. The molecular formula is C23H27ClN8S. The Bertz CT molecular complexity index is 1170. The van der Waals surface area contributed by atoms with E-state index in [9.17, 15) is 0 Å². The van der Waals surface area contributed by atoms with E-state index in [1.54, 1.807) is 6.20 Å². The fourth-order valence-corrected chi connectivity index (χ4v) is 6.35. The van der Waals surface area contributed by atoms with Gasteiger partial charge in [0.1, 0.15) is 16.7 Å². The van der Waals surface area contributed by atoms with Crippen LogP contribution in [0.4, 0.5) is 17.5 Å². The first-order valence-electron chi connectivity index (χ1n) is 11.5. The maximum atomic E-state index is 6.64. The standard InChI is InChI=1S/C23H27ClN8S/c1-30-14-15-11-23(12-16(15)29-30)4-9-31(10-5-23)18-13-27-22(20(25)28-18)33-17-3-6-26-21(19(17)24)32-7-2-8-32/h3,6,13-14H,2,4-5,7-12H2,1H3,(H2,25,28). The van der Waals surface area contributed by atoms with Crippen molar-refractivity contribution in [3.05, 3.63) is 40.9 Å². The zero-order chi connectivity index (χ0) is 22.6. The van der Waals surface area contributed by atoms with Gasteiger partial charge in [-0.15, -0.1) is 0 Å². The monoisotopic (exact) mass is 482 g/mol. The minimum absolute atomic E-state index is 0.351. The van der Waals surface area contributed by atoms with Gasteiger partial charge in [0, 0.05) is 50.5 Å². The van der Waals surface area contributed by atoms with Gasteiger partial charge in [0.05, 0.1) is 16.9 Å². The SMILES string of the molecule is Cn1cc2c(n1)CC1(CCN(c3cnc(Sc4ccnc(N5CCC5)c4Cl)c(N)n3)CC1)C2. The normalized spacial score (nSPS) is 19.1. The van der Waals surface area contributed by atoms with Gasteiger partial charge in [-0.3, -0.25) is 4.68 Å². The van der Waals surface area contributed by atoms with E-state index in [4.69, 9.17) is 22.3 Å². The van der Waals surface area contributed by atoms with E-state index >= 15 is 0 Å². The van der Waals surface area contributed by atoms with Crippen molar-refractivity contribution in [2.75, 3.05) is 41.7 Å². The lowest BCUT2D eigenvalue weighted by molar-refractivity contribution is 0.229. The molecule has 3 aromatic rings. The summed E-state index contributed by atoms with van der Waals surface area (Å²) in [5, 5.41) is 5.98. The smallest absolute Gasteiger partial charge is 0.158 e. The van der Waals surface area contributed by atoms with Gasteiger partial charge in [-0.2, -0.15) is 5.10 Å². The highest BCUT2D eigenvalue weighted by Crippen LogP contribution is 2.45. The Kier molecular flexibility index (Phi) is 5.14. The second-order valence-electron chi connectivity index (χ2n) is 9.42. The molecule has 0 atom stereocenters. The molecule has 3 aromatic heterocycles. The Morgan fingerprint density at radius 2 is 1.91 bits per heavy atom. The van der Waals surface area contributed by atoms with Gasteiger partial charge < -0.3 is 15.5 Å². The first kappa shape index (κ1) is 21.0. The van der Waals surface area contributed by atoms with Crippen molar-refractivity contribution in [2.45, 2.75) is 42.0 Å². The van der Waals surface area contributed by atoms with Crippen molar-refractivity contribution in [3.63, 3.8) is 0 Å². The number of hydrogen-bond acceptors (Lipinski definition) is 8. The molecule has 2 saturated heterocycles. The number of nitrogens with two attached hydrogens (primary N) is 1. The van der Waals surface area contributed by atoms with Crippen LogP contribution in [-0.4, -0.2) is 50.9 Å². The number of nitrogen functional groups attached to an aromatic ring is 1. The van der Waals surface area contributed by atoms with E-state index in [-0.39, 0.29) is 0 Å². The van der Waals surface area contributed by atoms with Crippen LogP contribution in [0, 0.1) is 5.41 Å². The number of pyridine rings is 1. The molecule has 0 radical (unpaired) electrons. The van der Waals surface area contributed by atoms with Gasteiger partial charge in [-0.1, -0.05) is 23.4 Å². The van der Waals surface area contributed by atoms with Gasteiger partial charge >= 0.3 is 0 Å². The van der Waals surface area contributed by atoms with Crippen LogP contribution in [0.15, 0.2) is 34.6 Å². The summed E-state index contributed by atoms with van der Waals surface area (Å²) >= 11 is 8.08. The van der Waals surface area contributed by atoms with E-state index in [1.807, 2.05) is 24.0 Å². The van der Waals surface area contributed by atoms with Gasteiger partial charge in [-0.05, 0) is 49.1 Å². The van der Waals surface area contributed by atoms with Crippen LogP contribution in [-0.2, 0) is 19.9 Å². The predicted octanol–water partition coefficient (Wildman–Crippen LogP) is 3.59. The van der Waals surface area contributed by atoms with Crippen LogP contribution in [0.3, 0.4) is 0 Å². The van der Waals surface area contributed by atoms with Crippen LogP contribution in [0.5, 0.6) is 0 Å². The van der Waals surface area contributed by atoms with Gasteiger partial charge in [0.25, 0.3) is 0 Å². The highest BCUT2D eigenvalue weighted by Gasteiger charge is 2.41. The minimum Gasteiger partial charge on any atom is -0.381 e. The number of nitrogens with zero attached hydrogens (tertiary/aromatic N) is 7. The zero-order valence-electron chi connectivity index (χ0n) is 18.7. The van der Waals surface area contributed by atoms with E-state index < -0.39 is 0 Å². The highest BCUT2D eigenvalue weighted by atomic mass is 35.5. The third-order valence-corrected chi connectivity index (χ3v) is 8.75. The molecule has 3 aliphatic rings. The Morgan fingerprint density at radius 1 is 1.09 bits per heavy atom. The number of halogens is 1. The van der Waals surface area contributed by atoms with E-state index in [1.165, 1.54) is 29.4 Å². The minimum atomic E-state index is 0.351. The number of fused-ring (bicyclic) bond motifs is 1. The summed E-state index contributed by atoms with van der Waals surface area (Å²) in [4.78, 5) is 19.2. The molecule has 1 spiro atoms. The molecule has 10 heteroatoms. The lowest BCUT2D eigenvalue weighted by Gasteiger charge is -2.39. The average molecular weight is 483 g/mol. The van der Waals surface area contributed by atoms with Crippen molar-refractivity contribution in [1.82, 2.24) is 24.7 Å². The van der Waals surface area contributed by atoms with Crippen LogP contribution in [0.1, 0.15) is 30.5 Å². The molecule has 0 amide bonds. The Morgan fingerprint density at radius 3 is 2.61 bits per heavy atom. The van der Waals surface area contributed by atoms with Gasteiger partial charge in [0.2, 0.25) is 0 Å². The Labute approximate surface area is 202 Å². The predicted molar refractivity (Wildman–Crippen MR) is 131 cm³/mol. The van der Waals surface area contributed by atoms with Crippen molar-refractivity contribution in [2.24, 2.45) is 12.5 Å². The summed E-state index contributed by atoms with van der Waals surface area (Å²) in [7, 11) is 2.01. The molecule has 2 N–H and O–H groups in total. The molecule has 1 aliphatic carbocycles. The Hall–Kier alpha value is -2.52. The molecule has 0 aromatic carbocycles. The van der Waals surface area contributed by atoms with Crippen molar-refractivity contribution in [3.8, 4) is 0 Å². The van der Waals surface area contributed by atoms with Crippen molar-refractivity contribution >= 4 is 40.8 Å². The van der Waals surface area contributed by atoms with Crippen LogP contribution in [0.25, 0.3) is 0 Å². The summed E-state index contributed by atoms with van der Waals surface area (Å²) in [6.45, 7) is 3.92. The lowest BCUT2D eigenvalue weighted by Crippen LogP contribution is -2.41. The molecular weight excluding hydrogens is 456 g/mol. The average Bonchev–Trinajstić information content (AvgIpc) is 3.25. The second-order valence-corrected chi connectivity index (χ2v) is 10.8. The number of aromatic nitrogens is 5. The maximum absolute atomic E-state index is 6.64. The molecule has 0 unspecified atom stereocenters. The Balaban J connectivity index is 1.13. The largest absolute Gasteiger partial charge is 0.381 e. The highest BCUT2D eigenvalue weighted by molar-refractivity contribution is 7.99. The van der Waals surface area contributed by atoms with Gasteiger partial charge in [-0.25, -0.2) is 15.0 Å². The molecule has 172 valence electrons. The van der Waals surface area contributed by atoms with E-state index in [0.717, 1.165) is 68.4 Å². The summed E-state index contributed by atoms with van der Waals surface area (Å²) in [6, 6.07) is 1.91. The fourth-order valence-electron chi connectivity index (χ4n) is 5.23. The molecule has 2 fully saturated rings. The van der Waals surface area contributed by atoms with Crippen LogP contribution in [0.2, 0.25) is 5.02 Å². The fraction of sp³-hybridized carbons (Fsp3) is 0.478. The third kappa shape index (κ3) is 3.81. The van der Waals surface area contributed by atoms with Crippen LogP contribution < -0.4 is 15.5 Å². The van der Waals surface area contributed by atoms with E-state index in [2.05, 4.69) is 31.1 Å². The first-order valence-corrected chi connectivity index (χ1v) is 12.7. The van der Waals surface area contributed by atoms with Crippen molar-refractivity contribution < 1.29 is 0 Å². The number of hydrogen-bond donors (Lipinski definition) is 1. The quantitative estimate of drug-likeness (QED) is 0.603. The topological polar surface area (TPSA) is 89.0 Å². The van der Waals surface area contributed by atoms with E-state index in [0.29, 0.717) is 21.3 Å². The van der Waals surface area contributed by atoms with Gasteiger partial charge in [0.15, 0.2) is 5.82 Å². The number of rotatable bonds is 4. The second kappa shape index (κ2) is 8.06. The summed E-state index contributed by atoms with van der Waals surface area (Å²) in [5.41, 5.74) is 9.39. The third-order valence-electron chi connectivity index (χ3n) is 7.20. The molecule has 0 bridgehead atoms. The number of aryl methyl sites for hydroxylation is 1. The lowest BCUT2D eigenvalue weighted by atomic mass is 9.76. The van der Waals surface area contributed by atoms with Crippen molar-refractivity contribution in [1.29, 1.82) is 0 Å². The van der Waals surface area contributed by atoms with Crippen LogP contribution >= 0.6 is 23.4 Å². The molecule has 33 heavy (non-hydrogen) atoms. The molecule has 8 nitrogen and oxygen atoms in total. The molecule has 5 heterocycles. The molecule has 0 saturated carbocycles. The summed E-state index contributed by atoms with van der Waals surface area (Å²) in [6.07, 6.45) is 11.5. The number of anilines is 3. The molecule has 2 aliphatic heterocycles. The zero-order valence-corrected chi connectivity index (χ0v) is 20.2.